The highest BCUT2D eigenvalue weighted by Gasteiger charge is 2.06. The van der Waals surface area contributed by atoms with Crippen LogP contribution in [0.25, 0.3) is 0 Å². The zero-order valence-corrected chi connectivity index (χ0v) is 8.00. The summed E-state index contributed by atoms with van der Waals surface area (Å²) in [5.41, 5.74) is 1.17. The topological polar surface area (TPSA) is 55.1 Å². The fraction of sp³-hybridized carbons (Fsp3) is 0.0909. The minimum Gasteiger partial charge on any atom is -0.476 e. The minimum atomic E-state index is -0.998. The van der Waals surface area contributed by atoms with E-state index in [0.717, 1.165) is 5.56 Å². The van der Waals surface area contributed by atoms with Crippen molar-refractivity contribution in [3.63, 3.8) is 0 Å². The number of carbonyl (C=O) groups is 1. The summed E-state index contributed by atoms with van der Waals surface area (Å²) in [4.78, 5) is 10.6. The van der Waals surface area contributed by atoms with Gasteiger partial charge in [0.2, 0.25) is 0 Å². The summed E-state index contributed by atoms with van der Waals surface area (Å²) in [7, 11) is 0. The van der Waals surface area contributed by atoms with Crippen molar-refractivity contribution >= 4 is 5.97 Å². The second-order valence-corrected chi connectivity index (χ2v) is 3.19. The van der Waals surface area contributed by atoms with Gasteiger partial charge in [-0.05, 0) is 11.6 Å². The van der Waals surface area contributed by atoms with Crippen molar-refractivity contribution in [2.45, 2.75) is 6.54 Å². The van der Waals surface area contributed by atoms with Crippen LogP contribution in [0.4, 0.5) is 0 Å². The number of carboxylic acid groups (broad SMARTS) is 1. The van der Waals surface area contributed by atoms with Crippen molar-refractivity contribution in [1.82, 2.24) is 9.78 Å². The molecule has 4 nitrogen and oxygen atoms in total. The molecule has 0 radical (unpaired) electrons. The molecule has 0 aliphatic rings. The Labute approximate surface area is 86.8 Å². The minimum absolute atomic E-state index is 0.0749. The van der Waals surface area contributed by atoms with E-state index < -0.39 is 5.97 Å². The molecular formula is C11H10N2O2. The van der Waals surface area contributed by atoms with Crippen molar-refractivity contribution in [1.29, 1.82) is 0 Å². The number of rotatable bonds is 3. The van der Waals surface area contributed by atoms with Crippen molar-refractivity contribution in [3.05, 3.63) is 53.9 Å². The van der Waals surface area contributed by atoms with Gasteiger partial charge in [-0.3, -0.25) is 4.68 Å². The van der Waals surface area contributed by atoms with Crippen LogP contribution in [0.15, 0.2) is 42.6 Å². The Morgan fingerprint density at radius 3 is 2.60 bits per heavy atom. The standard InChI is InChI=1S/C11H10N2O2/c14-11(15)10-6-7-13(12-10)8-9-4-2-1-3-5-9/h1-7H,8H2,(H,14,15). The van der Waals surface area contributed by atoms with Crippen LogP contribution in [0.5, 0.6) is 0 Å². The van der Waals surface area contributed by atoms with E-state index in [1.54, 1.807) is 10.9 Å². The molecule has 4 heteroatoms. The molecule has 1 aromatic carbocycles. The SMILES string of the molecule is O=C(O)c1ccn(Cc2ccccc2)n1. The van der Waals surface area contributed by atoms with E-state index in [4.69, 9.17) is 5.11 Å². The molecule has 2 aromatic rings. The second kappa shape index (κ2) is 3.96. The second-order valence-electron chi connectivity index (χ2n) is 3.19. The fourth-order valence-corrected chi connectivity index (χ4v) is 1.33. The number of hydrogen-bond acceptors (Lipinski definition) is 2. The lowest BCUT2D eigenvalue weighted by Crippen LogP contribution is -2.03. The normalized spacial score (nSPS) is 10.1. The van der Waals surface area contributed by atoms with Crippen molar-refractivity contribution < 1.29 is 9.90 Å². The van der Waals surface area contributed by atoms with Gasteiger partial charge in [0.1, 0.15) is 0 Å². The Balaban J connectivity index is 2.15. The van der Waals surface area contributed by atoms with Crippen molar-refractivity contribution in [2.75, 3.05) is 0 Å². The van der Waals surface area contributed by atoms with Crippen LogP contribution < -0.4 is 0 Å². The van der Waals surface area contributed by atoms with E-state index in [1.165, 1.54) is 6.07 Å². The van der Waals surface area contributed by atoms with Crippen molar-refractivity contribution in [3.8, 4) is 0 Å². The van der Waals surface area contributed by atoms with Gasteiger partial charge in [0.05, 0.1) is 6.54 Å². The molecule has 0 saturated heterocycles. The van der Waals surface area contributed by atoms with Crippen LogP contribution in [0.2, 0.25) is 0 Å². The molecule has 0 saturated carbocycles. The molecule has 0 unspecified atom stereocenters. The van der Waals surface area contributed by atoms with E-state index >= 15 is 0 Å². The predicted molar refractivity (Wildman–Crippen MR) is 54.7 cm³/mol. The molecule has 0 fully saturated rings. The third-order valence-corrected chi connectivity index (χ3v) is 2.05. The summed E-state index contributed by atoms with van der Waals surface area (Å²) in [6.07, 6.45) is 1.66. The molecule has 0 atom stereocenters. The zero-order valence-electron chi connectivity index (χ0n) is 8.00. The molecule has 0 bridgehead atoms. The predicted octanol–water partition coefficient (Wildman–Crippen LogP) is 1.63. The van der Waals surface area contributed by atoms with Crippen LogP contribution >= 0.6 is 0 Å². The van der Waals surface area contributed by atoms with Gasteiger partial charge in [-0.2, -0.15) is 5.10 Å². The van der Waals surface area contributed by atoms with Gasteiger partial charge >= 0.3 is 5.97 Å². The van der Waals surface area contributed by atoms with Gasteiger partial charge < -0.3 is 5.11 Å². The Bertz CT molecular complexity index is 462. The summed E-state index contributed by atoms with van der Waals surface area (Å²) >= 11 is 0. The summed E-state index contributed by atoms with van der Waals surface area (Å²) in [5.74, 6) is -0.998. The summed E-state index contributed by atoms with van der Waals surface area (Å²) < 4.78 is 1.61. The molecule has 0 aliphatic heterocycles. The van der Waals surface area contributed by atoms with Crippen LogP contribution in [-0.2, 0) is 6.54 Å². The van der Waals surface area contributed by atoms with Gasteiger partial charge in [0.15, 0.2) is 5.69 Å². The first-order chi connectivity index (χ1) is 7.25. The van der Waals surface area contributed by atoms with Crippen molar-refractivity contribution in [2.24, 2.45) is 0 Å². The first-order valence-corrected chi connectivity index (χ1v) is 4.56. The number of hydrogen-bond donors (Lipinski definition) is 1. The van der Waals surface area contributed by atoms with Gasteiger partial charge in [-0.25, -0.2) is 4.79 Å². The molecule has 15 heavy (non-hydrogen) atoms. The van der Waals surface area contributed by atoms with Crippen LogP contribution in [0, 0.1) is 0 Å². The molecule has 1 aromatic heterocycles. The van der Waals surface area contributed by atoms with Crippen LogP contribution in [-0.4, -0.2) is 20.9 Å². The van der Waals surface area contributed by atoms with E-state index in [1.807, 2.05) is 30.3 Å². The van der Waals surface area contributed by atoms with E-state index in [9.17, 15) is 4.79 Å². The highest BCUT2D eigenvalue weighted by Crippen LogP contribution is 2.02. The van der Waals surface area contributed by atoms with Crippen LogP contribution in [0.1, 0.15) is 16.1 Å². The number of carboxylic acids is 1. The van der Waals surface area contributed by atoms with Gasteiger partial charge in [0, 0.05) is 6.20 Å². The smallest absolute Gasteiger partial charge is 0.356 e. The van der Waals surface area contributed by atoms with Gasteiger partial charge in [-0.15, -0.1) is 0 Å². The number of benzene rings is 1. The first kappa shape index (κ1) is 9.45. The largest absolute Gasteiger partial charge is 0.476 e. The molecule has 1 heterocycles. The summed E-state index contributed by atoms with van der Waals surface area (Å²) in [6, 6.07) is 11.3. The Hall–Kier alpha value is -2.10. The maximum absolute atomic E-state index is 10.6. The quantitative estimate of drug-likeness (QED) is 0.822. The molecule has 0 aliphatic carbocycles. The Morgan fingerprint density at radius 2 is 2.00 bits per heavy atom. The maximum atomic E-state index is 10.6. The highest BCUT2D eigenvalue weighted by atomic mass is 16.4. The van der Waals surface area contributed by atoms with E-state index in [0.29, 0.717) is 6.54 Å². The average Bonchev–Trinajstić information content (AvgIpc) is 2.68. The van der Waals surface area contributed by atoms with Gasteiger partial charge in [0.25, 0.3) is 0 Å². The average molecular weight is 202 g/mol. The highest BCUT2D eigenvalue weighted by molar-refractivity contribution is 5.85. The molecule has 1 N–H and O–H groups in total. The number of aromatic nitrogens is 2. The third-order valence-electron chi connectivity index (χ3n) is 2.05. The number of aromatic carboxylic acids is 1. The molecule has 0 amide bonds. The lowest BCUT2D eigenvalue weighted by molar-refractivity contribution is 0.0689. The fourth-order valence-electron chi connectivity index (χ4n) is 1.33. The van der Waals surface area contributed by atoms with Gasteiger partial charge in [-0.1, -0.05) is 30.3 Å². The molecular weight excluding hydrogens is 192 g/mol. The maximum Gasteiger partial charge on any atom is 0.356 e. The Morgan fingerprint density at radius 1 is 1.27 bits per heavy atom. The molecule has 76 valence electrons. The van der Waals surface area contributed by atoms with Crippen LogP contribution in [0.3, 0.4) is 0 Å². The lowest BCUT2D eigenvalue weighted by atomic mass is 10.2. The molecule has 2 rings (SSSR count). The number of nitrogens with zero attached hydrogens (tertiary/aromatic N) is 2. The van der Waals surface area contributed by atoms with E-state index in [2.05, 4.69) is 5.10 Å². The zero-order chi connectivity index (χ0) is 10.7. The monoisotopic (exact) mass is 202 g/mol. The third kappa shape index (κ3) is 2.22. The van der Waals surface area contributed by atoms with E-state index in [-0.39, 0.29) is 5.69 Å². The lowest BCUT2D eigenvalue weighted by Gasteiger charge is -2.00. The summed E-state index contributed by atoms with van der Waals surface area (Å²) in [5, 5.41) is 12.6. The Kier molecular flexibility index (Phi) is 2.49. The first-order valence-electron chi connectivity index (χ1n) is 4.56. The molecule has 0 spiro atoms. The summed E-state index contributed by atoms with van der Waals surface area (Å²) in [6.45, 7) is 0.591.